The van der Waals surface area contributed by atoms with Crippen LogP contribution in [-0.4, -0.2) is 19.0 Å². The number of para-hydroxylation sites is 1. The Morgan fingerprint density at radius 2 is 2.11 bits per heavy atom. The maximum Gasteiger partial charge on any atom is 0.240 e. The Morgan fingerprint density at radius 1 is 1.33 bits per heavy atom. The quantitative estimate of drug-likeness (QED) is 0.885. The molecule has 0 bridgehead atoms. The fourth-order valence-corrected chi connectivity index (χ4v) is 2.55. The van der Waals surface area contributed by atoms with E-state index < -0.39 is 0 Å². The number of carbonyl (C=O) groups excluding carboxylic acids is 1. The highest BCUT2D eigenvalue weighted by Gasteiger charge is 2.22. The van der Waals surface area contributed by atoms with Crippen LogP contribution in [0.4, 0.5) is 5.69 Å². The Bertz CT molecular complexity index is 417. The van der Waals surface area contributed by atoms with E-state index in [1.54, 1.807) is 0 Å². The number of amides is 1. The van der Waals surface area contributed by atoms with E-state index in [1.807, 2.05) is 17.0 Å². The van der Waals surface area contributed by atoms with Gasteiger partial charge in [0.15, 0.2) is 0 Å². The average Bonchev–Trinajstić information content (AvgIpc) is 2.51. The predicted octanol–water partition coefficient (Wildman–Crippen LogP) is 2.56. The molecule has 0 saturated carbocycles. The van der Waals surface area contributed by atoms with Crippen molar-refractivity contribution < 1.29 is 4.79 Å². The van der Waals surface area contributed by atoms with Gasteiger partial charge in [-0.2, -0.15) is 0 Å². The molecule has 0 aliphatic carbocycles. The van der Waals surface area contributed by atoms with Crippen LogP contribution in [0.1, 0.15) is 32.3 Å². The molecule has 1 aromatic carbocycles. The van der Waals surface area contributed by atoms with Crippen molar-refractivity contribution in [3.8, 4) is 0 Å². The van der Waals surface area contributed by atoms with Crippen LogP contribution in [0, 0.1) is 5.92 Å². The van der Waals surface area contributed by atoms with Crippen LogP contribution in [0.15, 0.2) is 24.3 Å². The third-order valence-corrected chi connectivity index (χ3v) is 3.45. The van der Waals surface area contributed by atoms with Crippen LogP contribution in [-0.2, 0) is 11.3 Å². The second-order valence-corrected chi connectivity index (χ2v) is 5.13. The summed E-state index contributed by atoms with van der Waals surface area (Å²) in [6, 6.07) is 8.19. The van der Waals surface area contributed by atoms with Crippen LogP contribution in [0.25, 0.3) is 0 Å². The van der Waals surface area contributed by atoms with Crippen LogP contribution < -0.4 is 10.2 Å². The van der Waals surface area contributed by atoms with E-state index in [0.717, 1.165) is 18.8 Å². The van der Waals surface area contributed by atoms with E-state index in [4.69, 9.17) is 0 Å². The molecule has 1 amide bonds. The second kappa shape index (κ2) is 6.01. The molecule has 3 nitrogen and oxygen atoms in total. The van der Waals surface area contributed by atoms with Gasteiger partial charge in [-0.15, -0.1) is 0 Å². The molecule has 1 N–H and O–H groups in total. The first-order valence-corrected chi connectivity index (χ1v) is 6.81. The van der Waals surface area contributed by atoms with Crippen LogP contribution in [0.3, 0.4) is 0 Å². The Kier molecular flexibility index (Phi) is 4.37. The lowest BCUT2D eigenvalue weighted by Gasteiger charge is -2.25. The zero-order chi connectivity index (χ0) is 13.0. The van der Waals surface area contributed by atoms with E-state index in [-0.39, 0.29) is 5.91 Å². The predicted molar refractivity (Wildman–Crippen MR) is 74.6 cm³/mol. The van der Waals surface area contributed by atoms with E-state index in [9.17, 15) is 4.79 Å². The molecule has 1 heterocycles. The summed E-state index contributed by atoms with van der Waals surface area (Å²) in [4.78, 5) is 14.1. The molecular weight excluding hydrogens is 224 g/mol. The van der Waals surface area contributed by atoms with Gasteiger partial charge in [-0.25, -0.2) is 0 Å². The van der Waals surface area contributed by atoms with Crippen molar-refractivity contribution in [2.75, 3.05) is 18.0 Å². The third-order valence-electron chi connectivity index (χ3n) is 3.45. The van der Waals surface area contributed by atoms with Gasteiger partial charge >= 0.3 is 0 Å². The maximum absolute atomic E-state index is 12.2. The molecule has 3 heteroatoms. The molecule has 0 saturated heterocycles. The smallest absolute Gasteiger partial charge is 0.240 e. The first-order chi connectivity index (χ1) is 8.72. The topological polar surface area (TPSA) is 32.3 Å². The molecular formula is C15H22N2O. The molecule has 1 unspecified atom stereocenters. The van der Waals surface area contributed by atoms with Crippen molar-refractivity contribution in [2.24, 2.45) is 5.92 Å². The highest BCUT2D eigenvalue weighted by Crippen LogP contribution is 2.24. The molecule has 1 aromatic rings. The molecule has 1 atom stereocenters. The van der Waals surface area contributed by atoms with Crippen molar-refractivity contribution in [3.63, 3.8) is 0 Å². The Labute approximate surface area is 109 Å². The average molecular weight is 246 g/mol. The van der Waals surface area contributed by atoms with Crippen molar-refractivity contribution in [3.05, 3.63) is 29.8 Å². The third kappa shape index (κ3) is 2.91. The molecule has 0 aromatic heterocycles. The molecule has 98 valence electrons. The fourth-order valence-electron chi connectivity index (χ4n) is 2.55. The lowest BCUT2D eigenvalue weighted by molar-refractivity contribution is -0.117. The summed E-state index contributed by atoms with van der Waals surface area (Å²) in [6.07, 6.45) is 2.34. The monoisotopic (exact) mass is 246 g/mol. The largest absolute Gasteiger partial charge is 0.311 e. The Hall–Kier alpha value is -1.35. The van der Waals surface area contributed by atoms with Crippen molar-refractivity contribution >= 4 is 11.6 Å². The van der Waals surface area contributed by atoms with E-state index in [1.165, 1.54) is 18.4 Å². The summed E-state index contributed by atoms with van der Waals surface area (Å²) in [6.45, 7) is 6.45. The Morgan fingerprint density at radius 3 is 2.89 bits per heavy atom. The number of rotatable bonds is 4. The summed E-state index contributed by atoms with van der Waals surface area (Å²) >= 11 is 0. The summed E-state index contributed by atoms with van der Waals surface area (Å²) in [5, 5.41) is 3.20. The first-order valence-electron chi connectivity index (χ1n) is 6.81. The molecule has 1 aliphatic rings. The summed E-state index contributed by atoms with van der Waals surface area (Å²) < 4.78 is 0. The van der Waals surface area contributed by atoms with E-state index >= 15 is 0 Å². The lowest BCUT2D eigenvalue weighted by atomic mass is 10.0. The van der Waals surface area contributed by atoms with Gasteiger partial charge in [0, 0.05) is 18.8 Å². The number of benzene rings is 1. The van der Waals surface area contributed by atoms with Gasteiger partial charge in [0.25, 0.3) is 0 Å². The lowest BCUT2D eigenvalue weighted by Crippen LogP contribution is -2.38. The molecule has 18 heavy (non-hydrogen) atoms. The standard InChI is InChI=1S/C15H22N2O/c1-3-6-12(2)11-17-14-8-5-4-7-13(14)9-16-10-15(17)18/h4-5,7-8,12,16H,3,6,9-11H2,1-2H3. The highest BCUT2D eigenvalue weighted by atomic mass is 16.2. The maximum atomic E-state index is 12.2. The van der Waals surface area contributed by atoms with Crippen LogP contribution >= 0.6 is 0 Å². The summed E-state index contributed by atoms with van der Waals surface area (Å²) in [5.74, 6) is 0.730. The molecule has 0 fully saturated rings. The SMILES string of the molecule is CCCC(C)CN1C(=O)CNCc2ccccc21. The molecule has 2 rings (SSSR count). The van der Waals surface area contributed by atoms with Gasteiger partial charge in [-0.1, -0.05) is 38.5 Å². The normalized spacial score (nSPS) is 17.2. The number of nitrogens with one attached hydrogen (secondary N) is 1. The van der Waals surface area contributed by atoms with Crippen molar-refractivity contribution in [1.29, 1.82) is 0 Å². The molecule has 0 spiro atoms. The zero-order valence-corrected chi connectivity index (χ0v) is 11.3. The van der Waals surface area contributed by atoms with E-state index in [2.05, 4.69) is 31.3 Å². The fraction of sp³-hybridized carbons (Fsp3) is 0.533. The number of hydrogen-bond acceptors (Lipinski definition) is 2. The molecule has 0 radical (unpaired) electrons. The van der Waals surface area contributed by atoms with Crippen LogP contribution in [0.2, 0.25) is 0 Å². The number of anilines is 1. The van der Waals surface area contributed by atoms with Gasteiger partial charge < -0.3 is 10.2 Å². The highest BCUT2D eigenvalue weighted by molar-refractivity contribution is 5.96. The van der Waals surface area contributed by atoms with Crippen LogP contribution in [0.5, 0.6) is 0 Å². The number of fused-ring (bicyclic) bond motifs is 1. The second-order valence-electron chi connectivity index (χ2n) is 5.13. The Balaban J connectivity index is 2.22. The minimum atomic E-state index is 0.183. The summed E-state index contributed by atoms with van der Waals surface area (Å²) in [5.41, 5.74) is 2.29. The first kappa shape index (κ1) is 13.1. The minimum Gasteiger partial charge on any atom is -0.311 e. The number of hydrogen-bond donors (Lipinski definition) is 1. The van der Waals surface area contributed by atoms with Gasteiger partial charge in [-0.3, -0.25) is 4.79 Å². The zero-order valence-electron chi connectivity index (χ0n) is 11.3. The minimum absolute atomic E-state index is 0.183. The number of carbonyl (C=O) groups is 1. The molecule has 1 aliphatic heterocycles. The van der Waals surface area contributed by atoms with Gasteiger partial charge in [0.05, 0.1) is 6.54 Å². The van der Waals surface area contributed by atoms with Crippen molar-refractivity contribution in [1.82, 2.24) is 5.32 Å². The number of nitrogens with zero attached hydrogens (tertiary/aromatic N) is 1. The summed E-state index contributed by atoms with van der Waals surface area (Å²) in [7, 11) is 0. The van der Waals surface area contributed by atoms with E-state index in [0.29, 0.717) is 12.5 Å². The van der Waals surface area contributed by atoms with Gasteiger partial charge in [0.2, 0.25) is 5.91 Å². The van der Waals surface area contributed by atoms with Crippen molar-refractivity contribution in [2.45, 2.75) is 33.2 Å². The van der Waals surface area contributed by atoms with Gasteiger partial charge in [0.1, 0.15) is 0 Å². The van der Waals surface area contributed by atoms with Gasteiger partial charge in [-0.05, 0) is 24.0 Å².